The minimum atomic E-state index is -0.330. The SMILES string of the molecule is CCC(C(=O)NC)/C(=N/O)SCC(C)C. The van der Waals surface area contributed by atoms with Crippen LogP contribution in [0.5, 0.6) is 0 Å². The summed E-state index contributed by atoms with van der Waals surface area (Å²) in [4.78, 5) is 11.5. The molecule has 15 heavy (non-hydrogen) atoms. The minimum absolute atomic E-state index is 0.0958. The molecule has 0 fully saturated rings. The molecule has 0 saturated heterocycles. The lowest BCUT2D eigenvalue weighted by atomic mass is 10.1. The minimum Gasteiger partial charge on any atom is -0.410 e. The summed E-state index contributed by atoms with van der Waals surface area (Å²) in [5.41, 5.74) is 0. The highest BCUT2D eigenvalue weighted by Crippen LogP contribution is 2.19. The van der Waals surface area contributed by atoms with Gasteiger partial charge >= 0.3 is 0 Å². The lowest BCUT2D eigenvalue weighted by Gasteiger charge is -2.14. The van der Waals surface area contributed by atoms with Gasteiger partial charge in [0.15, 0.2) is 0 Å². The Morgan fingerprint density at radius 2 is 2.13 bits per heavy atom. The average molecular weight is 232 g/mol. The number of oxime groups is 1. The number of rotatable bonds is 5. The fourth-order valence-corrected chi connectivity index (χ4v) is 2.13. The molecule has 0 aromatic rings. The Morgan fingerprint density at radius 1 is 1.53 bits per heavy atom. The van der Waals surface area contributed by atoms with Crippen LogP contribution in [0.1, 0.15) is 27.2 Å². The molecule has 0 saturated carbocycles. The van der Waals surface area contributed by atoms with Gasteiger partial charge in [0, 0.05) is 12.8 Å². The molecule has 0 aliphatic rings. The first kappa shape index (κ1) is 14.3. The van der Waals surface area contributed by atoms with Crippen LogP contribution in [0.15, 0.2) is 5.16 Å². The maximum Gasteiger partial charge on any atom is 0.229 e. The molecule has 1 amide bonds. The lowest BCUT2D eigenvalue weighted by molar-refractivity contribution is -0.122. The number of thioether (sulfide) groups is 1. The molecule has 0 aromatic carbocycles. The van der Waals surface area contributed by atoms with Crippen molar-refractivity contribution in [1.29, 1.82) is 0 Å². The Labute approximate surface area is 95.5 Å². The van der Waals surface area contributed by atoms with E-state index in [0.717, 1.165) is 5.75 Å². The van der Waals surface area contributed by atoms with Crippen LogP contribution < -0.4 is 5.32 Å². The van der Waals surface area contributed by atoms with Gasteiger partial charge in [-0.25, -0.2) is 0 Å². The van der Waals surface area contributed by atoms with E-state index >= 15 is 0 Å². The Bertz CT molecular complexity index is 229. The van der Waals surface area contributed by atoms with Crippen LogP contribution in [-0.4, -0.2) is 29.0 Å². The van der Waals surface area contributed by atoms with Crippen molar-refractivity contribution in [1.82, 2.24) is 5.32 Å². The van der Waals surface area contributed by atoms with E-state index in [-0.39, 0.29) is 11.8 Å². The van der Waals surface area contributed by atoms with Crippen molar-refractivity contribution in [2.75, 3.05) is 12.8 Å². The highest BCUT2D eigenvalue weighted by Gasteiger charge is 2.22. The predicted octanol–water partition coefficient (Wildman–Crippen LogP) is 1.94. The largest absolute Gasteiger partial charge is 0.410 e. The topological polar surface area (TPSA) is 61.7 Å². The van der Waals surface area contributed by atoms with E-state index in [1.165, 1.54) is 11.8 Å². The van der Waals surface area contributed by atoms with Gasteiger partial charge in [-0.05, 0) is 12.3 Å². The van der Waals surface area contributed by atoms with Crippen molar-refractivity contribution in [3.05, 3.63) is 0 Å². The number of nitrogens with zero attached hydrogens (tertiary/aromatic N) is 1. The molecule has 0 aromatic heterocycles. The number of carbonyl (C=O) groups excluding carboxylic acids is 1. The fraction of sp³-hybridized carbons (Fsp3) is 0.800. The van der Waals surface area contributed by atoms with Gasteiger partial charge in [0.2, 0.25) is 5.91 Å². The summed E-state index contributed by atoms with van der Waals surface area (Å²) < 4.78 is 0. The molecular formula is C10H20N2O2S. The van der Waals surface area contributed by atoms with Gasteiger partial charge in [-0.3, -0.25) is 4.79 Å². The van der Waals surface area contributed by atoms with Crippen LogP contribution in [0.25, 0.3) is 0 Å². The van der Waals surface area contributed by atoms with Gasteiger partial charge in [0.05, 0.1) is 5.92 Å². The second-order valence-electron chi connectivity index (χ2n) is 3.72. The van der Waals surface area contributed by atoms with Crippen molar-refractivity contribution in [2.24, 2.45) is 17.0 Å². The normalized spacial score (nSPS) is 14.1. The van der Waals surface area contributed by atoms with Gasteiger partial charge in [0.25, 0.3) is 0 Å². The van der Waals surface area contributed by atoms with E-state index in [9.17, 15) is 4.79 Å². The quantitative estimate of drug-likeness (QED) is 0.329. The molecule has 1 unspecified atom stereocenters. The zero-order chi connectivity index (χ0) is 11.8. The first-order valence-electron chi connectivity index (χ1n) is 5.13. The number of hydrogen-bond donors (Lipinski definition) is 2. The summed E-state index contributed by atoms with van der Waals surface area (Å²) in [6, 6.07) is 0. The van der Waals surface area contributed by atoms with Crippen LogP contribution in [0.2, 0.25) is 0 Å². The summed E-state index contributed by atoms with van der Waals surface area (Å²) in [5.74, 6) is 0.937. The smallest absolute Gasteiger partial charge is 0.229 e. The summed E-state index contributed by atoms with van der Waals surface area (Å²) in [7, 11) is 1.59. The van der Waals surface area contributed by atoms with Crippen LogP contribution >= 0.6 is 11.8 Å². The standard InChI is InChI=1S/C10H20N2O2S/c1-5-8(9(13)11-4)10(12-14)15-6-7(2)3/h7-8,14H,5-6H2,1-4H3,(H,11,13)/b12-10-. The van der Waals surface area contributed by atoms with E-state index in [1.807, 2.05) is 6.92 Å². The third-order valence-corrected chi connectivity index (χ3v) is 3.43. The third kappa shape index (κ3) is 5.06. The van der Waals surface area contributed by atoms with Gasteiger partial charge < -0.3 is 10.5 Å². The van der Waals surface area contributed by atoms with Crippen LogP contribution in [0, 0.1) is 11.8 Å². The average Bonchev–Trinajstić information content (AvgIpc) is 2.22. The van der Waals surface area contributed by atoms with Crippen molar-refractivity contribution < 1.29 is 10.0 Å². The summed E-state index contributed by atoms with van der Waals surface area (Å²) in [6.07, 6.45) is 0.643. The highest BCUT2D eigenvalue weighted by molar-refractivity contribution is 8.14. The van der Waals surface area contributed by atoms with Gasteiger partial charge in [-0.2, -0.15) is 0 Å². The first-order valence-corrected chi connectivity index (χ1v) is 6.11. The van der Waals surface area contributed by atoms with Gasteiger partial charge in [0.1, 0.15) is 5.04 Å². The van der Waals surface area contributed by atoms with E-state index in [1.54, 1.807) is 7.05 Å². The Balaban J connectivity index is 4.42. The van der Waals surface area contributed by atoms with Crippen molar-refractivity contribution >= 4 is 22.7 Å². The molecule has 0 aliphatic carbocycles. The lowest BCUT2D eigenvalue weighted by Crippen LogP contribution is -2.31. The molecule has 2 N–H and O–H groups in total. The van der Waals surface area contributed by atoms with Crippen molar-refractivity contribution in [3.63, 3.8) is 0 Å². The van der Waals surface area contributed by atoms with Gasteiger partial charge in [-0.15, -0.1) is 11.8 Å². The number of carbonyl (C=O) groups is 1. The zero-order valence-corrected chi connectivity index (χ0v) is 10.6. The number of hydrogen-bond acceptors (Lipinski definition) is 4. The third-order valence-electron chi connectivity index (χ3n) is 1.93. The molecule has 0 bridgehead atoms. The molecule has 0 radical (unpaired) electrons. The van der Waals surface area contributed by atoms with Crippen LogP contribution in [0.3, 0.4) is 0 Å². The number of nitrogens with one attached hydrogen (secondary N) is 1. The molecule has 0 rings (SSSR count). The second-order valence-corrected chi connectivity index (χ2v) is 4.76. The molecule has 4 nitrogen and oxygen atoms in total. The Morgan fingerprint density at radius 3 is 2.47 bits per heavy atom. The van der Waals surface area contributed by atoms with E-state index in [2.05, 4.69) is 24.3 Å². The summed E-state index contributed by atoms with van der Waals surface area (Å²) in [5, 5.41) is 15.2. The predicted molar refractivity (Wildman–Crippen MR) is 64.4 cm³/mol. The molecule has 88 valence electrons. The van der Waals surface area contributed by atoms with E-state index < -0.39 is 0 Å². The van der Waals surface area contributed by atoms with Crippen molar-refractivity contribution in [3.8, 4) is 0 Å². The number of amides is 1. The zero-order valence-electron chi connectivity index (χ0n) is 9.78. The second kappa shape index (κ2) is 7.56. The van der Waals surface area contributed by atoms with Crippen LogP contribution in [-0.2, 0) is 4.79 Å². The van der Waals surface area contributed by atoms with Gasteiger partial charge in [-0.1, -0.05) is 25.9 Å². The molecule has 5 heteroatoms. The molecule has 1 atom stereocenters. The Kier molecular flexibility index (Phi) is 7.21. The maximum absolute atomic E-state index is 11.5. The van der Waals surface area contributed by atoms with E-state index in [0.29, 0.717) is 17.4 Å². The Hall–Kier alpha value is -0.710. The van der Waals surface area contributed by atoms with Crippen molar-refractivity contribution in [2.45, 2.75) is 27.2 Å². The molecule has 0 heterocycles. The fourth-order valence-electron chi connectivity index (χ4n) is 1.10. The highest BCUT2D eigenvalue weighted by atomic mass is 32.2. The summed E-state index contributed by atoms with van der Waals surface area (Å²) in [6.45, 7) is 6.08. The summed E-state index contributed by atoms with van der Waals surface area (Å²) >= 11 is 1.45. The monoisotopic (exact) mass is 232 g/mol. The molecular weight excluding hydrogens is 212 g/mol. The van der Waals surface area contributed by atoms with Crippen LogP contribution in [0.4, 0.5) is 0 Å². The maximum atomic E-state index is 11.5. The first-order chi connectivity index (χ1) is 7.06. The molecule has 0 spiro atoms. The molecule has 0 aliphatic heterocycles. The van der Waals surface area contributed by atoms with E-state index in [4.69, 9.17) is 5.21 Å².